The minimum atomic E-state index is -0.461. The van der Waals surface area contributed by atoms with Crippen LogP contribution < -0.4 is 10.5 Å². The van der Waals surface area contributed by atoms with Crippen molar-refractivity contribution < 1.29 is 9.66 Å². The molecular formula is C12H11N3O3. The van der Waals surface area contributed by atoms with Crippen molar-refractivity contribution in [3.05, 3.63) is 58.3 Å². The number of nitrogens with zero attached hydrogens (tertiary/aromatic N) is 2. The van der Waals surface area contributed by atoms with Gasteiger partial charge in [0.25, 0.3) is 5.69 Å². The Hall–Kier alpha value is -2.63. The predicted octanol–water partition coefficient (Wildman–Crippen LogP) is 2.15. The number of hydrogen-bond acceptors (Lipinski definition) is 5. The normalized spacial score (nSPS) is 10.0. The number of pyridine rings is 1. The Bertz CT molecular complexity index is 555. The average molecular weight is 245 g/mol. The number of nitrogen functional groups attached to an aromatic ring is 1. The van der Waals surface area contributed by atoms with Gasteiger partial charge >= 0.3 is 0 Å². The maximum Gasteiger partial charge on any atom is 0.273 e. The Balaban J connectivity index is 2.04. The third-order valence-electron chi connectivity index (χ3n) is 2.28. The maximum absolute atomic E-state index is 10.6. The van der Waals surface area contributed by atoms with E-state index in [-0.39, 0.29) is 12.3 Å². The molecule has 6 heteroatoms. The molecule has 0 atom stereocenters. The molecule has 0 saturated heterocycles. The van der Waals surface area contributed by atoms with E-state index >= 15 is 0 Å². The van der Waals surface area contributed by atoms with E-state index in [2.05, 4.69) is 4.98 Å². The second-order valence-corrected chi connectivity index (χ2v) is 3.63. The van der Waals surface area contributed by atoms with E-state index < -0.39 is 4.92 Å². The van der Waals surface area contributed by atoms with Crippen LogP contribution in [0.2, 0.25) is 0 Å². The van der Waals surface area contributed by atoms with E-state index in [1.54, 1.807) is 30.5 Å². The summed E-state index contributed by atoms with van der Waals surface area (Å²) in [6, 6.07) is 9.50. The van der Waals surface area contributed by atoms with Gasteiger partial charge < -0.3 is 10.5 Å². The number of nitrogens with two attached hydrogens (primary N) is 1. The van der Waals surface area contributed by atoms with Gasteiger partial charge in [-0.3, -0.25) is 10.1 Å². The average Bonchev–Trinajstić information content (AvgIpc) is 2.38. The highest BCUT2D eigenvalue weighted by Gasteiger charge is 2.06. The van der Waals surface area contributed by atoms with Crippen LogP contribution in [0.25, 0.3) is 0 Å². The molecule has 0 radical (unpaired) electrons. The lowest BCUT2D eigenvalue weighted by Gasteiger charge is -2.05. The summed E-state index contributed by atoms with van der Waals surface area (Å²) in [5, 5.41) is 10.6. The molecule has 0 saturated carbocycles. The Labute approximate surface area is 103 Å². The predicted molar refractivity (Wildman–Crippen MR) is 66.1 cm³/mol. The van der Waals surface area contributed by atoms with E-state index in [9.17, 15) is 10.1 Å². The number of aromatic nitrogens is 1. The number of benzene rings is 1. The minimum absolute atomic E-state index is 0.00271. The van der Waals surface area contributed by atoms with E-state index in [1.165, 1.54) is 12.1 Å². The second-order valence-electron chi connectivity index (χ2n) is 3.63. The van der Waals surface area contributed by atoms with Crippen molar-refractivity contribution in [2.75, 3.05) is 5.73 Å². The fourth-order valence-corrected chi connectivity index (χ4v) is 1.37. The Kier molecular flexibility index (Phi) is 3.38. The number of nitro groups is 1. The number of non-ortho nitro benzene ring substituents is 1. The number of nitro benzene ring substituents is 1. The second kappa shape index (κ2) is 5.13. The number of anilines is 1. The third-order valence-corrected chi connectivity index (χ3v) is 2.28. The third kappa shape index (κ3) is 2.94. The van der Waals surface area contributed by atoms with Crippen molar-refractivity contribution in [3.63, 3.8) is 0 Å². The van der Waals surface area contributed by atoms with Crippen molar-refractivity contribution in [2.24, 2.45) is 0 Å². The standard InChI is InChI=1S/C12H11N3O3/c13-12-5-4-9(7-14-12)8-18-11-3-1-2-10(6-11)15(16)17/h1-7H,8H2,(H2,13,14). The number of hydrogen-bond donors (Lipinski definition) is 1. The van der Waals surface area contributed by atoms with E-state index in [4.69, 9.17) is 10.5 Å². The van der Waals surface area contributed by atoms with Crippen LogP contribution in [0.15, 0.2) is 42.6 Å². The van der Waals surface area contributed by atoms with Gasteiger partial charge in [0.1, 0.15) is 18.2 Å². The van der Waals surface area contributed by atoms with Crippen LogP contribution in [0.4, 0.5) is 11.5 Å². The highest BCUT2D eigenvalue weighted by Crippen LogP contribution is 2.20. The topological polar surface area (TPSA) is 91.3 Å². The molecule has 1 aromatic carbocycles. The summed E-state index contributed by atoms with van der Waals surface area (Å²) in [4.78, 5) is 14.1. The maximum atomic E-state index is 10.6. The van der Waals surface area contributed by atoms with Crippen LogP contribution >= 0.6 is 0 Å². The van der Waals surface area contributed by atoms with Gasteiger partial charge in [0, 0.05) is 17.8 Å². The Morgan fingerprint density at radius 3 is 2.83 bits per heavy atom. The summed E-state index contributed by atoms with van der Waals surface area (Å²) in [5.74, 6) is 0.884. The first-order valence-electron chi connectivity index (χ1n) is 5.23. The summed E-state index contributed by atoms with van der Waals surface area (Å²) >= 11 is 0. The molecule has 0 aliphatic carbocycles. The molecule has 1 heterocycles. The molecule has 0 bridgehead atoms. The summed E-state index contributed by atoms with van der Waals surface area (Å²) in [6.45, 7) is 0.286. The van der Waals surface area contributed by atoms with Crippen molar-refractivity contribution in [3.8, 4) is 5.75 Å². The SMILES string of the molecule is Nc1ccc(COc2cccc([N+](=O)[O-])c2)cn1. The first-order valence-corrected chi connectivity index (χ1v) is 5.23. The molecule has 6 nitrogen and oxygen atoms in total. The van der Waals surface area contributed by atoms with Crippen LogP contribution in [0.3, 0.4) is 0 Å². The van der Waals surface area contributed by atoms with Gasteiger partial charge in [-0.05, 0) is 12.1 Å². The van der Waals surface area contributed by atoms with Crippen LogP contribution in [0.1, 0.15) is 5.56 Å². The molecule has 18 heavy (non-hydrogen) atoms. The zero-order chi connectivity index (χ0) is 13.0. The number of ether oxygens (including phenoxy) is 1. The van der Waals surface area contributed by atoms with Gasteiger partial charge in [0.2, 0.25) is 0 Å². The highest BCUT2D eigenvalue weighted by atomic mass is 16.6. The zero-order valence-corrected chi connectivity index (χ0v) is 9.45. The summed E-state index contributed by atoms with van der Waals surface area (Å²) in [6.07, 6.45) is 1.60. The zero-order valence-electron chi connectivity index (χ0n) is 9.45. The Morgan fingerprint density at radius 2 is 2.17 bits per heavy atom. The fourth-order valence-electron chi connectivity index (χ4n) is 1.37. The molecule has 1 aromatic heterocycles. The monoisotopic (exact) mass is 245 g/mol. The van der Waals surface area contributed by atoms with Gasteiger partial charge in [-0.1, -0.05) is 12.1 Å². The van der Waals surface area contributed by atoms with Crippen LogP contribution in [0.5, 0.6) is 5.75 Å². The van der Waals surface area contributed by atoms with Crippen LogP contribution in [-0.2, 0) is 6.61 Å². The van der Waals surface area contributed by atoms with Crippen molar-refractivity contribution in [2.45, 2.75) is 6.61 Å². The summed E-state index contributed by atoms with van der Waals surface area (Å²) < 4.78 is 5.44. The molecule has 0 amide bonds. The van der Waals surface area contributed by atoms with E-state index in [1.807, 2.05) is 0 Å². The molecule has 0 aliphatic rings. The molecule has 0 unspecified atom stereocenters. The molecule has 0 fully saturated rings. The quantitative estimate of drug-likeness (QED) is 0.658. The van der Waals surface area contributed by atoms with Crippen LogP contribution in [-0.4, -0.2) is 9.91 Å². The lowest BCUT2D eigenvalue weighted by molar-refractivity contribution is -0.384. The lowest BCUT2D eigenvalue weighted by Crippen LogP contribution is -1.98. The molecular weight excluding hydrogens is 234 g/mol. The summed E-state index contributed by atoms with van der Waals surface area (Å²) in [5.41, 5.74) is 6.31. The molecule has 92 valence electrons. The van der Waals surface area contributed by atoms with E-state index in [0.717, 1.165) is 5.56 Å². The highest BCUT2D eigenvalue weighted by molar-refractivity contribution is 5.38. The molecule has 0 aliphatic heterocycles. The van der Waals surface area contributed by atoms with Gasteiger partial charge in [-0.25, -0.2) is 4.98 Å². The van der Waals surface area contributed by atoms with Crippen molar-refractivity contribution in [1.82, 2.24) is 4.98 Å². The minimum Gasteiger partial charge on any atom is -0.489 e. The van der Waals surface area contributed by atoms with Gasteiger partial charge in [0.15, 0.2) is 0 Å². The molecule has 2 rings (SSSR count). The van der Waals surface area contributed by atoms with Gasteiger partial charge in [-0.15, -0.1) is 0 Å². The van der Waals surface area contributed by atoms with Gasteiger partial charge in [0.05, 0.1) is 11.0 Å². The smallest absolute Gasteiger partial charge is 0.273 e. The Morgan fingerprint density at radius 1 is 1.33 bits per heavy atom. The molecule has 2 aromatic rings. The molecule has 0 spiro atoms. The van der Waals surface area contributed by atoms with E-state index in [0.29, 0.717) is 11.6 Å². The van der Waals surface area contributed by atoms with Crippen molar-refractivity contribution in [1.29, 1.82) is 0 Å². The van der Waals surface area contributed by atoms with Crippen molar-refractivity contribution >= 4 is 11.5 Å². The molecule has 2 N–H and O–H groups in total. The lowest BCUT2D eigenvalue weighted by atomic mass is 10.3. The number of rotatable bonds is 4. The van der Waals surface area contributed by atoms with Crippen LogP contribution in [0, 0.1) is 10.1 Å². The first kappa shape index (κ1) is 11.8. The summed E-state index contributed by atoms with van der Waals surface area (Å²) in [7, 11) is 0. The first-order chi connectivity index (χ1) is 8.65. The largest absolute Gasteiger partial charge is 0.489 e. The van der Waals surface area contributed by atoms with Gasteiger partial charge in [-0.2, -0.15) is 0 Å². The fraction of sp³-hybridized carbons (Fsp3) is 0.0833.